The van der Waals surface area contributed by atoms with E-state index in [-0.39, 0.29) is 0 Å². The predicted octanol–water partition coefficient (Wildman–Crippen LogP) is 3.63. The molecule has 0 amide bonds. The van der Waals surface area contributed by atoms with E-state index in [9.17, 15) is 0 Å². The predicted molar refractivity (Wildman–Crippen MR) is 71.5 cm³/mol. The van der Waals surface area contributed by atoms with Crippen LogP contribution in [0.1, 0.15) is 44.2 Å². The van der Waals surface area contributed by atoms with Crippen LogP contribution in [0.5, 0.6) is 5.75 Å². The zero-order valence-corrected chi connectivity index (χ0v) is 11.0. The summed E-state index contributed by atoms with van der Waals surface area (Å²) in [5.74, 6) is 0.951. The van der Waals surface area contributed by atoms with Gasteiger partial charge < -0.3 is 4.74 Å². The van der Waals surface area contributed by atoms with E-state index < -0.39 is 0 Å². The molecule has 0 aliphatic carbocycles. The first-order chi connectivity index (χ1) is 8.35. The fourth-order valence-electron chi connectivity index (χ4n) is 2.75. The lowest BCUT2D eigenvalue weighted by Crippen LogP contribution is -2.33. The van der Waals surface area contributed by atoms with Crippen molar-refractivity contribution in [2.75, 3.05) is 20.2 Å². The van der Waals surface area contributed by atoms with Gasteiger partial charge in [0.05, 0.1) is 7.11 Å². The molecule has 17 heavy (non-hydrogen) atoms. The lowest BCUT2D eigenvalue weighted by molar-refractivity contribution is 0.149. The van der Waals surface area contributed by atoms with Crippen molar-refractivity contribution in [3.63, 3.8) is 0 Å². The molecule has 0 unspecified atom stereocenters. The highest BCUT2D eigenvalue weighted by Gasteiger charge is 2.22. The maximum atomic E-state index is 5.22. The van der Waals surface area contributed by atoms with E-state index in [0.29, 0.717) is 6.04 Å². The summed E-state index contributed by atoms with van der Waals surface area (Å²) in [4.78, 5) is 2.63. The molecule has 1 fully saturated rings. The van der Waals surface area contributed by atoms with E-state index >= 15 is 0 Å². The van der Waals surface area contributed by atoms with Crippen molar-refractivity contribution in [3.05, 3.63) is 29.8 Å². The van der Waals surface area contributed by atoms with Crippen LogP contribution in [-0.4, -0.2) is 25.1 Å². The molecule has 1 heterocycles. The van der Waals surface area contributed by atoms with Gasteiger partial charge in [-0.25, -0.2) is 0 Å². The highest BCUT2D eigenvalue weighted by Crippen LogP contribution is 2.31. The van der Waals surface area contributed by atoms with Crippen LogP contribution in [0.3, 0.4) is 0 Å². The Balaban J connectivity index is 2.11. The van der Waals surface area contributed by atoms with Crippen molar-refractivity contribution in [3.8, 4) is 5.75 Å². The summed E-state index contributed by atoms with van der Waals surface area (Å²) in [6.45, 7) is 4.74. The lowest BCUT2D eigenvalue weighted by atomic mass is 9.95. The monoisotopic (exact) mass is 233 g/mol. The number of benzene rings is 1. The first-order valence-electron chi connectivity index (χ1n) is 6.73. The largest absolute Gasteiger partial charge is 0.497 e. The number of piperidine rings is 1. The minimum Gasteiger partial charge on any atom is -0.497 e. The Morgan fingerprint density at radius 2 is 2.00 bits per heavy atom. The van der Waals surface area contributed by atoms with Gasteiger partial charge in [0.1, 0.15) is 5.75 Å². The van der Waals surface area contributed by atoms with Gasteiger partial charge in [-0.1, -0.05) is 25.5 Å². The van der Waals surface area contributed by atoms with Gasteiger partial charge in [0.25, 0.3) is 0 Å². The summed E-state index contributed by atoms with van der Waals surface area (Å²) in [6.07, 6.45) is 5.25. The molecular formula is C15H23NO. The zero-order valence-electron chi connectivity index (χ0n) is 11.0. The SMILES string of the molecule is CCCN1CCCC[C@@H]1c1ccc(OC)cc1. The fourth-order valence-corrected chi connectivity index (χ4v) is 2.75. The van der Waals surface area contributed by atoms with Gasteiger partial charge in [-0.05, 0) is 50.0 Å². The van der Waals surface area contributed by atoms with Gasteiger partial charge in [0, 0.05) is 6.04 Å². The molecule has 0 spiro atoms. The number of hydrogen-bond acceptors (Lipinski definition) is 2. The van der Waals surface area contributed by atoms with Crippen molar-refractivity contribution in [1.29, 1.82) is 0 Å². The van der Waals surface area contributed by atoms with Gasteiger partial charge in [-0.3, -0.25) is 4.90 Å². The van der Waals surface area contributed by atoms with E-state index in [4.69, 9.17) is 4.74 Å². The second-order valence-electron chi connectivity index (χ2n) is 4.82. The van der Waals surface area contributed by atoms with Crippen LogP contribution in [0.2, 0.25) is 0 Å². The first-order valence-corrected chi connectivity index (χ1v) is 6.73. The Labute approximate surface area is 105 Å². The van der Waals surface area contributed by atoms with Crippen molar-refractivity contribution < 1.29 is 4.74 Å². The highest BCUT2D eigenvalue weighted by atomic mass is 16.5. The van der Waals surface area contributed by atoms with Crippen molar-refractivity contribution >= 4 is 0 Å². The Morgan fingerprint density at radius 1 is 1.24 bits per heavy atom. The van der Waals surface area contributed by atoms with Gasteiger partial charge in [0.15, 0.2) is 0 Å². The molecule has 1 aromatic rings. The Hall–Kier alpha value is -1.02. The molecule has 0 saturated carbocycles. The van der Waals surface area contributed by atoms with Crippen LogP contribution >= 0.6 is 0 Å². The summed E-state index contributed by atoms with van der Waals surface area (Å²) in [7, 11) is 1.72. The summed E-state index contributed by atoms with van der Waals surface area (Å²) < 4.78 is 5.22. The highest BCUT2D eigenvalue weighted by molar-refractivity contribution is 5.29. The Kier molecular flexibility index (Phi) is 4.43. The average molecular weight is 233 g/mol. The van der Waals surface area contributed by atoms with Crippen molar-refractivity contribution in [2.24, 2.45) is 0 Å². The standard InChI is InChI=1S/C15H23NO/c1-3-11-16-12-5-4-6-15(16)13-7-9-14(17-2)10-8-13/h7-10,15H,3-6,11-12H2,1-2H3/t15-/m1/s1. The van der Waals surface area contributed by atoms with Gasteiger partial charge in [-0.2, -0.15) is 0 Å². The van der Waals surface area contributed by atoms with E-state index in [0.717, 1.165) is 5.75 Å². The van der Waals surface area contributed by atoms with Crippen molar-refractivity contribution in [2.45, 2.75) is 38.6 Å². The first kappa shape index (κ1) is 12.4. The topological polar surface area (TPSA) is 12.5 Å². The molecule has 0 N–H and O–H groups in total. The molecule has 0 radical (unpaired) electrons. The van der Waals surface area contributed by atoms with Crippen LogP contribution in [0.15, 0.2) is 24.3 Å². The summed E-state index contributed by atoms with van der Waals surface area (Å²) >= 11 is 0. The molecule has 2 rings (SSSR count). The summed E-state index contributed by atoms with van der Waals surface area (Å²) in [5.41, 5.74) is 1.44. The smallest absolute Gasteiger partial charge is 0.118 e. The molecule has 1 aliphatic heterocycles. The fraction of sp³-hybridized carbons (Fsp3) is 0.600. The third-order valence-electron chi connectivity index (χ3n) is 3.63. The van der Waals surface area contributed by atoms with E-state index in [1.165, 1.54) is 44.3 Å². The summed E-state index contributed by atoms with van der Waals surface area (Å²) in [6, 6.07) is 9.21. The maximum Gasteiger partial charge on any atom is 0.118 e. The molecule has 1 saturated heterocycles. The van der Waals surface area contributed by atoms with E-state index in [1.54, 1.807) is 7.11 Å². The van der Waals surface area contributed by atoms with E-state index in [1.807, 2.05) is 0 Å². The molecular weight excluding hydrogens is 210 g/mol. The molecule has 1 atom stereocenters. The minimum absolute atomic E-state index is 0.620. The average Bonchev–Trinajstić information content (AvgIpc) is 2.40. The van der Waals surface area contributed by atoms with Crippen LogP contribution in [0, 0.1) is 0 Å². The molecule has 2 heteroatoms. The minimum atomic E-state index is 0.620. The Bertz CT molecular complexity index is 331. The lowest BCUT2D eigenvalue weighted by Gasteiger charge is -2.35. The van der Waals surface area contributed by atoms with Crippen LogP contribution in [0.25, 0.3) is 0 Å². The summed E-state index contributed by atoms with van der Waals surface area (Å²) in [5, 5.41) is 0. The Morgan fingerprint density at radius 3 is 2.65 bits per heavy atom. The van der Waals surface area contributed by atoms with Crippen molar-refractivity contribution in [1.82, 2.24) is 4.90 Å². The van der Waals surface area contributed by atoms with Crippen LogP contribution in [-0.2, 0) is 0 Å². The molecule has 1 aliphatic rings. The number of likely N-dealkylation sites (tertiary alicyclic amines) is 1. The number of ether oxygens (including phenoxy) is 1. The normalized spacial score (nSPS) is 21.4. The quantitative estimate of drug-likeness (QED) is 0.787. The van der Waals surface area contributed by atoms with Crippen LogP contribution in [0.4, 0.5) is 0 Å². The van der Waals surface area contributed by atoms with Gasteiger partial charge >= 0.3 is 0 Å². The second kappa shape index (κ2) is 6.06. The van der Waals surface area contributed by atoms with Crippen LogP contribution < -0.4 is 4.74 Å². The number of methoxy groups -OCH3 is 1. The number of hydrogen-bond donors (Lipinski definition) is 0. The molecule has 94 valence electrons. The third-order valence-corrected chi connectivity index (χ3v) is 3.63. The number of rotatable bonds is 4. The molecule has 1 aromatic carbocycles. The third kappa shape index (κ3) is 3.01. The molecule has 0 aromatic heterocycles. The second-order valence-corrected chi connectivity index (χ2v) is 4.82. The number of nitrogens with zero attached hydrogens (tertiary/aromatic N) is 1. The molecule has 2 nitrogen and oxygen atoms in total. The van der Waals surface area contributed by atoms with Gasteiger partial charge in [0.2, 0.25) is 0 Å². The maximum absolute atomic E-state index is 5.22. The van der Waals surface area contributed by atoms with E-state index in [2.05, 4.69) is 36.1 Å². The zero-order chi connectivity index (χ0) is 12.1. The molecule has 0 bridgehead atoms. The van der Waals surface area contributed by atoms with Gasteiger partial charge in [-0.15, -0.1) is 0 Å².